The molecule has 0 saturated carbocycles. The average Bonchev–Trinajstić information content (AvgIpc) is 2.81. The van der Waals surface area contributed by atoms with Gasteiger partial charge >= 0.3 is 5.97 Å². The summed E-state index contributed by atoms with van der Waals surface area (Å²) in [6.45, 7) is 1.33. The Labute approximate surface area is 104 Å². The molecule has 1 heterocycles. The summed E-state index contributed by atoms with van der Waals surface area (Å²) in [7, 11) is 0. The van der Waals surface area contributed by atoms with Crippen LogP contribution in [-0.2, 0) is 11.2 Å². The van der Waals surface area contributed by atoms with Gasteiger partial charge in [0.25, 0.3) is 0 Å². The van der Waals surface area contributed by atoms with Gasteiger partial charge in [-0.05, 0) is 29.8 Å². The molecule has 0 aliphatic carbocycles. The number of esters is 1. The molecule has 0 unspecified atom stereocenters. The van der Waals surface area contributed by atoms with Crippen LogP contribution in [0.4, 0.5) is 0 Å². The number of ether oxygens (including phenoxy) is 1. The van der Waals surface area contributed by atoms with Crippen LogP contribution >= 0.6 is 0 Å². The van der Waals surface area contributed by atoms with Gasteiger partial charge in [-0.2, -0.15) is 0 Å². The Kier molecular flexibility index (Phi) is 3.57. The second kappa shape index (κ2) is 5.31. The maximum absolute atomic E-state index is 11.8. The SMILES string of the molecule is CC(=O)Oc1cccc(CC(=O)c2ccco2)c1. The van der Waals surface area contributed by atoms with E-state index in [4.69, 9.17) is 9.15 Å². The van der Waals surface area contributed by atoms with Crippen LogP contribution in [0, 0.1) is 0 Å². The number of benzene rings is 1. The maximum Gasteiger partial charge on any atom is 0.308 e. The van der Waals surface area contributed by atoms with Crippen molar-refractivity contribution in [1.29, 1.82) is 0 Å². The molecule has 0 spiro atoms. The van der Waals surface area contributed by atoms with Crippen molar-refractivity contribution >= 4 is 11.8 Å². The monoisotopic (exact) mass is 244 g/mol. The van der Waals surface area contributed by atoms with Crippen LogP contribution in [-0.4, -0.2) is 11.8 Å². The first-order valence-electron chi connectivity index (χ1n) is 5.49. The summed E-state index contributed by atoms with van der Waals surface area (Å²) >= 11 is 0. The molecule has 2 aromatic rings. The van der Waals surface area contributed by atoms with Crippen molar-refractivity contribution in [3.8, 4) is 5.75 Å². The van der Waals surface area contributed by atoms with Crippen molar-refractivity contribution < 1.29 is 18.7 Å². The number of carbonyl (C=O) groups is 2. The predicted molar refractivity (Wildman–Crippen MR) is 64.5 cm³/mol. The zero-order valence-corrected chi connectivity index (χ0v) is 9.88. The molecule has 0 fully saturated rings. The largest absolute Gasteiger partial charge is 0.461 e. The van der Waals surface area contributed by atoms with Crippen LogP contribution in [0.5, 0.6) is 5.75 Å². The van der Waals surface area contributed by atoms with Crippen LogP contribution < -0.4 is 4.74 Å². The zero-order valence-electron chi connectivity index (χ0n) is 9.88. The van der Waals surface area contributed by atoms with E-state index in [0.29, 0.717) is 11.5 Å². The van der Waals surface area contributed by atoms with Crippen molar-refractivity contribution in [2.24, 2.45) is 0 Å². The minimum absolute atomic E-state index is 0.111. The van der Waals surface area contributed by atoms with Gasteiger partial charge in [0.05, 0.1) is 6.26 Å². The standard InChI is InChI=1S/C14H12O4/c1-10(15)18-12-5-2-4-11(8-12)9-13(16)14-6-3-7-17-14/h2-8H,9H2,1H3. The molecule has 0 amide bonds. The summed E-state index contributed by atoms with van der Waals surface area (Å²) in [5.41, 5.74) is 0.773. The molecular weight excluding hydrogens is 232 g/mol. The molecule has 0 aliphatic heterocycles. The summed E-state index contributed by atoms with van der Waals surface area (Å²) < 4.78 is 9.98. The Hall–Kier alpha value is -2.36. The highest BCUT2D eigenvalue weighted by Gasteiger charge is 2.10. The van der Waals surface area contributed by atoms with Crippen molar-refractivity contribution in [3.63, 3.8) is 0 Å². The van der Waals surface area contributed by atoms with Crippen molar-refractivity contribution in [2.45, 2.75) is 13.3 Å². The first-order chi connectivity index (χ1) is 8.65. The number of Topliss-reactive ketones (excluding diaryl/α,β-unsaturated/α-hetero) is 1. The maximum atomic E-state index is 11.8. The third kappa shape index (κ3) is 3.07. The van der Waals surface area contributed by atoms with Gasteiger partial charge in [-0.3, -0.25) is 9.59 Å². The van der Waals surface area contributed by atoms with Crippen molar-refractivity contribution in [2.75, 3.05) is 0 Å². The summed E-state index contributed by atoms with van der Waals surface area (Å²) in [4.78, 5) is 22.6. The van der Waals surface area contributed by atoms with Crippen LogP contribution in [0.1, 0.15) is 23.0 Å². The Balaban J connectivity index is 2.10. The molecule has 0 saturated heterocycles. The van der Waals surface area contributed by atoms with Gasteiger partial charge in [-0.15, -0.1) is 0 Å². The molecule has 4 nitrogen and oxygen atoms in total. The molecule has 18 heavy (non-hydrogen) atoms. The van der Waals surface area contributed by atoms with E-state index in [0.717, 1.165) is 5.56 Å². The Bertz CT molecular complexity index is 555. The first kappa shape index (κ1) is 12.1. The lowest BCUT2D eigenvalue weighted by atomic mass is 10.1. The number of hydrogen-bond donors (Lipinski definition) is 0. The second-order valence-electron chi connectivity index (χ2n) is 3.82. The highest BCUT2D eigenvalue weighted by atomic mass is 16.5. The van der Waals surface area contributed by atoms with Crippen LogP contribution in [0.3, 0.4) is 0 Å². The van der Waals surface area contributed by atoms with Crippen LogP contribution in [0.25, 0.3) is 0 Å². The fourth-order valence-electron chi connectivity index (χ4n) is 1.59. The van der Waals surface area contributed by atoms with Crippen LogP contribution in [0.15, 0.2) is 47.1 Å². The lowest BCUT2D eigenvalue weighted by molar-refractivity contribution is -0.131. The first-order valence-corrected chi connectivity index (χ1v) is 5.49. The molecule has 1 aromatic carbocycles. The Morgan fingerprint density at radius 3 is 2.72 bits per heavy atom. The van der Waals surface area contributed by atoms with E-state index in [1.54, 1.807) is 36.4 Å². The highest BCUT2D eigenvalue weighted by molar-refractivity contribution is 5.95. The lowest BCUT2D eigenvalue weighted by Gasteiger charge is -2.03. The van der Waals surface area contributed by atoms with E-state index in [2.05, 4.69) is 0 Å². The summed E-state index contributed by atoms with van der Waals surface area (Å²) in [6.07, 6.45) is 1.67. The molecule has 1 aromatic heterocycles. The van der Waals surface area contributed by atoms with E-state index in [1.165, 1.54) is 13.2 Å². The average molecular weight is 244 g/mol. The number of carbonyl (C=O) groups excluding carboxylic acids is 2. The van der Waals surface area contributed by atoms with Gasteiger partial charge < -0.3 is 9.15 Å². The molecule has 92 valence electrons. The molecule has 0 atom stereocenters. The predicted octanol–water partition coefficient (Wildman–Crippen LogP) is 2.63. The minimum atomic E-state index is -0.385. The topological polar surface area (TPSA) is 56.5 Å². The van der Waals surface area contributed by atoms with Gasteiger partial charge in [0.15, 0.2) is 5.76 Å². The van der Waals surface area contributed by atoms with Crippen molar-refractivity contribution in [1.82, 2.24) is 0 Å². The molecule has 4 heteroatoms. The smallest absolute Gasteiger partial charge is 0.308 e. The summed E-state index contributed by atoms with van der Waals surface area (Å²) in [5.74, 6) is 0.268. The third-order valence-electron chi connectivity index (χ3n) is 2.32. The highest BCUT2D eigenvalue weighted by Crippen LogP contribution is 2.15. The van der Waals surface area contributed by atoms with Gasteiger partial charge in [0, 0.05) is 13.3 Å². The van der Waals surface area contributed by atoms with Gasteiger partial charge in [0.1, 0.15) is 5.75 Å². The zero-order chi connectivity index (χ0) is 13.0. The van der Waals surface area contributed by atoms with Crippen molar-refractivity contribution in [3.05, 3.63) is 54.0 Å². The molecule has 0 radical (unpaired) electrons. The normalized spacial score (nSPS) is 10.1. The van der Waals surface area contributed by atoms with E-state index in [9.17, 15) is 9.59 Å². The molecule has 0 aliphatic rings. The number of ketones is 1. The number of furan rings is 1. The van der Waals surface area contributed by atoms with E-state index < -0.39 is 0 Å². The molecular formula is C14H12O4. The van der Waals surface area contributed by atoms with E-state index >= 15 is 0 Å². The Morgan fingerprint density at radius 2 is 2.06 bits per heavy atom. The lowest BCUT2D eigenvalue weighted by Crippen LogP contribution is -2.04. The minimum Gasteiger partial charge on any atom is -0.461 e. The quantitative estimate of drug-likeness (QED) is 0.471. The van der Waals surface area contributed by atoms with E-state index in [-0.39, 0.29) is 18.2 Å². The molecule has 0 N–H and O–H groups in total. The fraction of sp³-hybridized carbons (Fsp3) is 0.143. The molecule has 2 rings (SSSR count). The Morgan fingerprint density at radius 1 is 1.22 bits per heavy atom. The van der Waals surface area contributed by atoms with Crippen LogP contribution in [0.2, 0.25) is 0 Å². The number of hydrogen-bond acceptors (Lipinski definition) is 4. The number of rotatable bonds is 4. The summed E-state index contributed by atoms with van der Waals surface area (Å²) in [6, 6.07) is 10.2. The second-order valence-corrected chi connectivity index (χ2v) is 3.82. The van der Waals surface area contributed by atoms with Gasteiger partial charge in [0.2, 0.25) is 5.78 Å². The van der Waals surface area contributed by atoms with E-state index in [1.807, 2.05) is 0 Å². The summed E-state index contributed by atoms with van der Waals surface area (Å²) in [5, 5.41) is 0. The third-order valence-corrected chi connectivity index (χ3v) is 2.32. The molecule has 0 bridgehead atoms. The van der Waals surface area contributed by atoms with Gasteiger partial charge in [-0.25, -0.2) is 0 Å². The van der Waals surface area contributed by atoms with Gasteiger partial charge in [-0.1, -0.05) is 12.1 Å². The fourth-order valence-corrected chi connectivity index (χ4v) is 1.59.